The maximum Gasteiger partial charge on any atom is 0.242 e. The summed E-state index contributed by atoms with van der Waals surface area (Å²) in [5.41, 5.74) is 0.370. The van der Waals surface area contributed by atoms with E-state index in [9.17, 15) is 9.18 Å². The summed E-state index contributed by atoms with van der Waals surface area (Å²) in [6, 6.07) is 3.34. The van der Waals surface area contributed by atoms with Crippen LogP contribution in [0.15, 0.2) is 18.2 Å². The highest BCUT2D eigenvalue weighted by Gasteiger charge is 2.13. The molecule has 1 amide bonds. The normalized spacial score (nSPS) is 11.4. The Kier molecular flexibility index (Phi) is 4.80. The first-order chi connectivity index (χ1) is 8.04. The first kappa shape index (κ1) is 13.3. The van der Waals surface area contributed by atoms with E-state index in [4.69, 9.17) is 18.0 Å². The summed E-state index contributed by atoms with van der Waals surface area (Å²) in [7, 11) is 0. The summed E-state index contributed by atoms with van der Waals surface area (Å²) < 4.78 is 13.0. The number of hydrogen-bond acceptors (Lipinski definition) is 2. The van der Waals surface area contributed by atoms with Gasteiger partial charge in [-0.3, -0.25) is 4.79 Å². The predicted molar refractivity (Wildman–Crippen MR) is 66.3 cm³/mol. The predicted octanol–water partition coefficient (Wildman–Crippen LogP) is 2.03. The lowest BCUT2D eigenvalue weighted by molar-refractivity contribution is -0.121. The Balaban J connectivity index is 2.67. The molecule has 0 aliphatic carbocycles. The van der Waals surface area contributed by atoms with E-state index in [1.54, 1.807) is 6.92 Å². The minimum absolute atomic E-state index is 0.155. The van der Waals surface area contributed by atoms with Crippen molar-refractivity contribution < 1.29 is 9.18 Å². The number of terminal acetylenes is 1. The van der Waals surface area contributed by atoms with Crippen LogP contribution < -0.4 is 10.6 Å². The van der Waals surface area contributed by atoms with Crippen LogP contribution in [0.25, 0.3) is 0 Å². The third kappa shape index (κ3) is 3.97. The lowest BCUT2D eigenvalue weighted by Crippen LogP contribution is -2.37. The van der Waals surface area contributed by atoms with Gasteiger partial charge in [0.05, 0.1) is 17.3 Å². The number of halogens is 2. The van der Waals surface area contributed by atoms with Gasteiger partial charge in [0.15, 0.2) is 0 Å². The fraction of sp³-hybridized carbons (Fsp3) is 0.250. The molecule has 0 aliphatic rings. The topological polar surface area (TPSA) is 41.1 Å². The maximum atomic E-state index is 13.0. The standard InChI is InChI=1S/C12H12ClFN2O/c1-3-6-15-12(17)8(2)16-11-7-9(14)4-5-10(11)13/h1,4-5,7-8,16H,6H2,2H3,(H,15,17). The van der Waals surface area contributed by atoms with Crippen molar-refractivity contribution in [3.05, 3.63) is 29.0 Å². The molecule has 0 heterocycles. The maximum absolute atomic E-state index is 13.0. The monoisotopic (exact) mass is 254 g/mol. The SMILES string of the molecule is C#CCNC(=O)C(C)Nc1cc(F)ccc1Cl. The van der Waals surface area contributed by atoms with Gasteiger partial charge < -0.3 is 10.6 Å². The van der Waals surface area contributed by atoms with Gasteiger partial charge in [0, 0.05) is 0 Å². The second kappa shape index (κ2) is 6.12. The molecule has 0 aliphatic heterocycles. The van der Waals surface area contributed by atoms with Gasteiger partial charge in [-0.2, -0.15) is 0 Å². The minimum Gasteiger partial charge on any atom is -0.373 e. The van der Waals surface area contributed by atoms with Crippen molar-refractivity contribution in [3.8, 4) is 12.3 Å². The molecule has 1 aromatic rings. The molecule has 1 rings (SSSR count). The third-order valence-corrected chi connectivity index (χ3v) is 2.39. The summed E-state index contributed by atoms with van der Waals surface area (Å²) in [5.74, 6) is 1.59. The number of carbonyl (C=O) groups is 1. The van der Waals surface area contributed by atoms with E-state index in [1.165, 1.54) is 18.2 Å². The molecule has 17 heavy (non-hydrogen) atoms. The Morgan fingerprint density at radius 2 is 2.35 bits per heavy atom. The largest absolute Gasteiger partial charge is 0.373 e. The van der Waals surface area contributed by atoms with Crippen molar-refractivity contribution in [2.24, 2.45) is 0 Å². The fourth-order valence-corrected chi connectivity index (χ4v) is 1.37. The van der Waals surface area contributed by atoms with Crippen LogP contribution in [0.4, 0.5) is 10.1 Å². The van der Waals surface area contributed by atoms with Gasteiger partial charge in [-0.15, -0.1) is 6.42 Å². The van der Waals surface area contributed by atoms with Crippen molar-refractivity contribution in [1.82, 2.24) is 5.32 Å². The molecule has 90 valence electrons. The lowest BCUT2D eigenvalue weighted by atomic mass is 10.2. The highest BCUT2D eigenvalue weighted by molar-refractivity contribution is 6.33. The average molecular weight is 255 g/mol. The minimum atomic E-state index is -0.553. The van der Waals surface area contributed by atoms with Gasteiger partial charge in [0.2, 0.25) is 5.91 Å². The summed E-state index contributed by atoms with van der Waals surface area (Å²) in [6.45, 7) is 1.79. The number of nitrogens with one attached hydrogen (secondary N) is 2. The van der Waals surface area contributed by atoms with Crippen LogP contribution in [0.5, 0.6) is 0 Å². The Labute approximate surface area is 104 Å². The quantitative estimate of drug-likeness (QED) is 0.808. The van der Waals surface area contributed by atoms with Gasteiger partial charge >= 0.3 is 0 Å². The number of rotatable bonds is 4. The number of hydrogen-bond donors (Lipinski definition) is 2. The second-order valence-corrected chi connectivity index (χ2v) is 3.82. The summed E-state index contributed by atoms with van der Waals surface area (Å²) in [5, 5.41) is 5.67. The van der Waals surface area contributed by atoms with Crippen LogP contribution >= 0.6 is 11.6 Å². The summed E-state index contributed by atoms with van der Waals surface area (Å²) >= 11 is 5.86. The van der Waals surface area contributed by atoms with Crippen molar-refractivity contribution in [1.29, 1.82) is 0 Å². The highest BCUT2D eigenvalue weighted by Crippen LogP contribution is 2.22. The molecule has 0 radical (unpaired) electrons. The van der Waals surface area contributed by atoms with Gasteiger partial charge in [0.1, 0.15) is 11.9 Å². The molecular weight excluding hydrogens is 243 g/mol. The second-order valence-electron chi connectivity index (χ2n) is 3.41. The van der Waals surface area contributed by atoms with E-state index in [0.29, 0.717) is 10.7 Å². The van der Waals surface area contributed by atoms with Gasteiger partial charge in [-0.1, -0.05) is 17.5 Å². The van der Waals surface area contributed by atoms with Crippen LogP contribution in [-0.2, 0) is 4.79 Å². The molecule has 5 heteroatoms. The van der Waals surface area contributed by atoms with Crippen molar-refractivity contribution >= 4 is 23.2 Å². The Bertz CT molecular complexity index is 456. The van der Waals surface area contributed by atoms with Crippen LogP contribution in [-0.4, -0.2) is 18.5 Å². The first-order valence-electron chi connectivity index (χ1n) is 4.97. The van der Waals surface area contributed by atoms with Crippen molar-refractivity contribution in [2.45, 2.75) is 13.0 Å². The van der Waals surface area contributed by atoms with E-state index in [0.717, 1.165) is 0 Å². The molecule has 2 N–H and O–H groups in total. The molecule has 0 bridgehead atoms. The van der Waals surface area contributed by atoms with E-state index >= 15 is 0 Å². The molecule has 0 fully saturated rings. The fourth-order valence-electron chi connectivity index (χ4n) is 1.20. The molecule has 1 unspecified atom stereocenters. The summed E-state index contributed by atoms with van der Waals surface area (Å²) in [4.78, 5) is 11.5. The molecule has 0 aromatic heterocycles. The highest BCUT2D eigenvalue weighted by atomic mass is 35.5. The molecular formula is C12H12ClFN2O. The van der Waals surface area contributed by atoms with Crippen LogP contribution in [0.2, 0.25) is 5.02 Å². The van der Waals surface area contributed by atoms with Crippen LogP contribution in [0.3, 0.4) is 0 Å². The van der Waals surface area contributed by atoms with Crippen LogP contribution in [0, 0.1) is 18.2 Å². The Morgan fingerprint density at radius 1 is 1.65 bits per heavy atom. The molecule has 0 saturated heterocycles. The third-order valence-electron chi connectivity index (χ3n) is 2.06. The number of carbonyl (C=O) groups excluding carboxylic acids is 1. The molecule has 1 atom stereocenters. The zero-order valence-electron chi connectivity index (χ0n) is 9.26. The average Bonchev–Trinajstić information content (AvgIpc) is 2.30. The first-order valence-corrected chi connectivity index (χ1v) is 5.35. The molecule has 1 aromatic carbocycles. The Hall–Kier alpha value is -1.73. The van der Waals surface area contributed by atoms with Crippen molar-refractivity contribution in [3.63, 3.8) is 0 Å². The summed E-state index contributed by atoms with van der Waals surface area (Å²) in [6.07, 6.45) is 5.02. The Morgan fingerprint density at radius 3 is 3.00 bits per heavy atom. The molecule has 0 saturated carbocycles. The number of anilines is 1. The van der Waals surface area contributed by atoms with E-state index in [-0.39, 0.29) is 12.5 Å². The van der Waals surface area contributed by atoms with Gasteiger partial charge in [0.25, 0.3) is 0 Å². The van der Waals surface area contributed by atoms with E-state index in [1.807, 2.05) is 0 Å². The zero-order valence-corrected chi connectivity index (χ0v) is 10.0. The van der Waals surface area contributed by atoms with Gasteiger partial charge in [-0.05, 0) is 25.1 Å². The van der Waals surface area contributed by atoms with E-state index < -0.39 is 11.9 Å². The van der Waals surface area contributed by atoms with Crippen LogP contribution in [0.1, 0.15) is 6.92 Å². The van der Waals surface area contributed by atoms with E-state index in [2.05, 4.69) is 16.6 Å². The molecule has 0 spiro atoms. The smallest absolute Gasteiger partial charge is 0.242 e. The van der Waals surface area contributed by atoms with Crippen molar-refractivity contribution in [2.75, 3.05) is 11.9 Å². The number of amides is 1. The number of benzene rings is 1. The lowest BCUT2D eigenvalue weighted by Gasteiger charge is -2.15. The zero-order chi connectivity index (χ0) is 12.8. The van der Waals surface area contributed by atoms with Gasteiger partial charge in [-0.25, -0.2) is 4.39 Å². The molecule has 3 nitrogen and oxygen atoms in total.